The zero-order valence-electron chi connectivity index (χ0n) is 20.2. The molecule has 2 N–H and O–H groups in total. The Kier molecular flexibility index (Phi) is 7.40. The normalized spacial score (nSPS) is 16.6. The molecule has 8 nitrogen and oxygen atoms in total. The minimum absolute atomic E-state index is 0.0241. The van der Waals surface area contributed by atoms with Crippen LogP contribution in [0.3, 0.4) is 0 Å². The van der Waals surface area contributed by atoms with Gasteiger partial charge in [-0.15, -0.1) is 0 Å². The third-order valence-electron chi connectivity index (χ3n) is 6.67. The molecule has 0 saturated carbocycles. The van der Waals surface area contributed by atoms with Crippen molar-refractivity contribution in [1.29, 1.82) is 0 Å². The largest absolute Gasteiger partial charge is 0.480 e. The number of nitrogens with zero attached hydrogens (tertiary/aromatic N) is 1. The highest BCUT2D eigenvalue weighted by atomic mass is 16.5. The molecule has 2 aliphatic rings. The summed E-state index contributed by atoms with van der Waals surface area (Å²) in [6.45, 7) is 4.29. The number of ether oxygens (including phenoxy) is 2. The van der Waals surface area contributed by atoms with Crippen LogP contribution in [0.5, 0.6) is 0 Å². The van der Waals surface area contributed by atoms with Gasteiger partial charge in [0.2, 0.25) is 5.91 Å². The lowest BCUT2D eigenvalue weighted by Gasteiger charge is -2.47. The van der Waals surface area contributed by atoms with Crippen molar-refractivity contribution in [3.63, 3.8) is 0 Å². The molecule has 0 aromatic heterocycles. The number of hydrogen-bond donors (Lipinski definition) is 2. The van der Waals surface area contributed by atoms with Crippen molar-refractivity contribution < 1.29 is 29.0 Å². The maximum Gasteiger partial charge on any atom is 0.407 e. The van der Waals surface area contributed by atoms with E-state index in [2.05, 4.69) is 29.6 Å². The van der Waals surface area contributed by atoms with Crippen LogP contribution in [0.1, 0.15) is 50.2 Å². The second kappa shape index (κ2) is 10.5. The number of aliphatic carboxylic acids is 1. The molecule has 0 bridgehead atoms. The molecule has 2 aromatic carbocycles. The summed E-state index contributed by atoms with van der Waals surface area (Å²) >= 11 is 0. The van der Waals surface area contributed by atoms with E-state index in [1.165, 1.54) is 11.1 Å². The monoisotopic (exact) mass is 480 g/mol. The van der Waals surface area contributed by atoms with E-state index in [-0.39, 0.29) is 37.5 Å². The van der Waals surface area contributed by atoms with Gasteiger partial charge in [-0.2, -0.15) is 0 Å². The van der Waals surface area contributed by atoms with E-state index in [4.69, 9.17) is 14.6 Å². The van der Waals surface area contributed by atoms with Crippen molar-refractivity contribution in [2.45, 2.75) is 50.7 Å². The van der Waals surface area contributed by atoms with Crippen molar-refractivity contribution in [1.82, 2.24) is 10.2 Å². The molecule has 0 radical (unpaired) electrons. The standard InChI is InChI=1S/C27H32N2O6/c1-3-8-18(13-24(30)29-16-27(2,17-29)35-15-25(31)32)28-26(33)34-14-23-21-11-6-4-9-19(21)20-10-5-7-12-22(20)23/h4-7,9-12,18,23H,3,8,13-17H2,1-2H3,(H,28,33)(H,31,32). The van der Waals surface area contributed by atoms with Gasteiger partial charge in [0.1, 0.15) is 18.8 Å². The molecule has 8 heteroatoms. The van der Waals surface area contributed by atoms with Crippen molar-refractivity contribution in [3.05, 3.63) is 59.7 Å². The highest BCUT2D eigenvalue weighted by molar-refractivity contribution is 5.80. The van der Waals surface area contributed by atoms with Crippen molar-refractivity contribution in [2.24, 2.45) is 0 Å². The number of benzene rings is 2. The Hall–Kier alpha value is -3.39. The second-order valence-corrected chi connectivity index (χ2v) is 9.54. The average Bonchev–Trinajstić information content (AvgIpc) is 3.13. The second-order valence-electron chi connectivity index (χ2n) is 9.54. The van der Waals surface area contributed by atoms with Crippen LogP contribution in [0.2, 0.25) is 0 Å². The lowest BCUT2D eigenvalue weighted by Crippen LogP contribution is -2.64. The van der Waals surface area contributed by atoms with Crippen molar-refractivity contribution in [3.8, 4) is 11.1 Å². The van der Waals surface area contributed by atoms with Crippen molar-refractivity contribution >= 4 is 18.0 Å². The number of carbonyl (C=O) groups excluding carboxylic acids is 2. The van der Waals surface area contributed by atoms with Crippen molar-refractivity contribution in [2.75, 3.05) is 26.3 Å². The average molecular weight is 481 g/mol. The number of hydrogen-bond acceptors (Lipinski definition) is 5. The van der Waals surface area contributed by atoms with Crippen LogP contribution < -0.4 is 5.32 Å². The Labute approximate surface area is 205 Å². The smallest absolute Gasteiger partial charge is 0.407 e. The van der Waals surface area contributed by atoms with E-state index in [0.29, 0.717) is 19.5 Å². The molecule has 1 saturated heterocycles. The summed E-state index contributed by atoms with van der Waals surface area (Å²) < 4.78 is 11.0. The molecule has 1 aliphatic heterocycles. The molecule has 1 unspecified atom stereocenters. The van der Waals surface area contributed by atoms with Gasteiger partial charge in [-0.3, -0.25) is 4.79 Å². The van der Waals surface area contributed by atoms with E-state index >= 15 is 0 Å². The highest BCUT2D eigenvalue weighted by Gasteiger charge is 2.43. The summed E-state index contributed by atoms with van der Waals surface area (Å²) in [6.07, 6.45) is 1.08. The van der Waals surface area contributed by atoms with Gasteiger partial charge in [-0.05, 0) is 35.6 Å². The first kappa shape index (κ1) is 24.7. The first-order valence-corrected chi connectivity index (χ1v) is 12.0. The molecule has 0 spiro atoms. The fourth-order valence-electron chi connectivity index (χ4n) is 4.99. The van der Waals surface area contributed by atoms with E-state index in [1.807, 2.05) is 31.2 Å². The van der Waals surface area contributed by atoms with Crippen LogP contribution >= 0.6 is 0 Å². The van der Waals surface area contributed by atoms with E-state index in [1.54, 1.807) is 11.8 Å². The first-order chi connectivity index (χ1) is 16.8. The van der Waals surface area contributed by atoms with Crippen LogP contribution in [0, 0.1) is 0 Å². The van der Waals surface area contributed by atoms with Gasteiger partial charge in [-0.25, -0.2) is 9.59 Å². The quantitative estimate of drug-likeness (QED) is 0.536. The van der Waals surface area contributed by atoms with Gasteiger partial charge in [0, 0.05) is 18.4 Å². The van der Waals surface area contributed by atoms with E-state index in [9.17, 15) is 14.4 Å². The summed E-state index contributed by atoms with van der Waals surface area (Å²) in [7, 11) is 0. The van der Waals surface area contributed by atoms with E-state index in [0.717, 1.165) is 17.5 Å². The van der Waals surface area contributed by atoms with Gasteiger partial charge >= 0.3 is 12.1 Å². The number of fused-ring (bicyclic) bond motifs is 3. The van der Waals surface area contributed by atoms with E-state index < -0.39 is 17.7 Å². The zero-order chi connectivity index (χ0) is 25.0. The van der Waals surface area contributed by atoms with Gasteiger partial charge in [-0.1, -0.05) is 61.9 Å². The molecular weight excluding hydrogens is 448 g/mol. The summed E-state index contributed by atoms with van der Waals surface area (Å²) in [5.74, 6) is -1.16. The Morgan fingerprint density at radius 3 is 2.26 bits per heavy atom. The predicted molar refractivity (Wildman–Crippen MR) is 130 cm³/mol. The first-order valence-electron chi connectivity index (χ1n) is 12.0. The number of carboxylic acids is 1. The maximum absolute atomic E-state index is 12.7. The summed E-state index contributed by atoms with van der Waals surface area (Å²) in [6, 6.07) is 16.0. The Bertz CT molecular complexity index is 1050. The highest BCUT2D eigenvalue weighted by Crippen LogP contribution is 2.44. The fraction of sp³-hybridized carbons (Fsp3) is 0.444. The SMILES string of the molecule is CCCC(CC(=O)N1CC(C)(OCC(=O)O)C1)NC(=O)OCC1c2ccccc2-c2ccccc21. The number of amides is 2. The summed E-state index contributed by atoms with van der Waals surface area (Å²) in [4.78, 5) is 37.7. The van der Waals surface area contributed by atoms with Crippen LogP contribution in [-0.4, -0.2) is 65.9 Å². The molecule has 1 atom stereocenters. The molecule has 1 fully saturated rings. The lowest BCUT2D eigenvalue weighted by molar-refractivity contribution is -0.173. The minimum Gasteiger partial charge on any atom is -0.480 e. The Morgan fingerprint density at radius 2 is 1.69 bits per heavy atom. The predicted octanol–water partition coefficient (Wildman–Crippen LogP) is 3.79. The molecular formula is C27H32N2O6. The van der Waals surface area contributed by atoms with Crippen LogP contribution in [0.4, 0.5) is 4.79 Å². The summed E-state index contributed by atoms with van der Waals surface area (Å²) in [5, 5.41) is 11.7. The molecule has 1 aliphatic carbocycles. The van der Waals surface area contributed by atoms with Gasteiger partial charge in [0.05, 0.1) is 13.1 Å². The number of alkyl carbamates (subject to hydrolysis) is 1. The molecule has 35 heavy (non-hydrogen) atoms. The molecule has 2 amide bonds. The van der Waals surface area contributed by atoms with Gasteiger partial charge in [0.15, 0.2) is 0 Å². The molecule has 1 heterocycles. The summed E-state index contributed by atoms with van der Waals surface area (Å²) in [5.41, 5.74) is 3.98. The lowest BCUT2D eigenvalue weighted by atomic mass is 9.95. The molecule has 186 valence electrons. The maximum atomic E-state index is 12.7. The number of carbonyl (C=O) groups is 3. The Morgan fingerprint density at radius 1 is 1.09 bits per heavy atom. The van der Waals surface area contributed by atoms with Crippen LogP contribution in [0.15, 0.2) is 48.5 Å². The number of carboxylic acid groups (broad SMARTS) is 1. The molecule has 4 rings (SSSR count). The Balaban J connectivity index is 1.30. The van der Waals surface area contributed by atoms with Crippen LogP contribution in [-0.2, 0) is 19.1 Å². The molecule has 2 aromatic rings. The third kappa shape index (κ3) is 5.65. The number of nitrogens with one attached hydrogen (secondary N) is 1. The topological polar surface area (TPSA) is 105 Å². The number of likely N-dealkylation sites (tertiary alicyclic amines) is 1. The number of rotatable bonds is 10. The van der Waals surface area contributed by atoms with Gasteiger partial charge in [0.25, 0.3) is 0 Å². The third-order valence-corrected chi connectivity index (χ3v) is 6.67. The minimum atomic E-state index is -1.04. The fourth-order valence-corrected chi connectivity index (χ4v) is 4.99. The van der Waals surface area contributed by atoms with Gasteiger partial charge < -0.3 is 24.8 Å². The van der Waals surface area contributed by atoms with Crippen LogP contribution in [0.25, 0.3) is 11.1 Å². The zero-order valence-corrected chi connectivity index (χ0v) is 20.2.